The molecule has 2 rings (SSSR count). The molecule has 0 amide bonds. The van der Waals surface area contributed by atoms with Crippen LogP contribution in [-0.2, 0) is 13.5 Å². The van der Waals surface area contributed by atoms with Gasteiger partial charge in [0.25, 0.3) is 0 Å². The van der Waals surface area contributed by atoms with E-state index >= 15 is 0 Å². The molecule has 3 nitrogen and oxygen atoms in total. The number of nitrogens with one attached hydrogen (secondary N) is 1. The van der Waals surface area contributed by atoms with Crippen LogP contribution in [0.3, 0.4) is 0 Å². The molecule has 0 spiro atoms. The molecule has 1 heterocycles. The Hall–Kier alpha value is -0.840. The highest BCUT2D eigenvalue weighted by Crippen LogP contribution is 2.25. The summed E-state index contributed by atoms with van der Waals surface area (Å²) in [6.45, 7) is 3.13. The van der Waals surface area contributed by atoms with Gasteiger partial charge in [-0.25, -0.2) is 4.98 Å². The van der Waals surface area contributed by atoms with Crippen molar-refractivity contribution in [2.45, 2.75) is 25.8 Å². The summed E-state index contributed by atoms with van der Waals surface area (Å²) in [5, 5.41) is 4.33. The van der Waals surface area contributed by atoms with Crippen molar-refractivity contribution in [2.24, 2.45) is 7.05 Å². The molecule has 108 valence electrons. The van der Waals surface area contributed by atoms with Crippen LogP contribution in [0, 0.1) is 0 Å². The number of aromatic nitrogens is 2. The number of nitrogens with zero attached hydrogens (tertiary/aromatic N) is 2. The maximum Gasteiger partial charge on any atom is 0.0947 e. The van der Waals surface area contributed by atoms with Gasteiger partial charge in [0.1, 0.15) is 0 Å². The van der Waals surface area contributed by atoms with Gasteiger partial charge in [0.2, 0.25) is 0 Å². The molecule has 0 fully saturated rings. The highest BCUT2D eigenvalue weighted by Gasteiger charge is 2.15. The van der Waals surface area contributed by atoms with Gasteiger partial charge >= 0.3 is 0 Å². The van der Waals surface area contributed by atoms with Crippen LogP contribution in [0.5, 0.6) is 0 Å². The third kappa shape index (κ3) is 4.08. The van der Waals surface area contributed by atoms with Crippen molar-refractivity contribution in [3.8, 4) is 0 Å². The van der Waals surface area contributed by atoms with E-state index in [1.807, 2.05) is 30.1 Å². The summed E-state index contributed by atoms with van der Waals surface area (Å²) in [5.41, 5.74) is 2.19. The zero-order chi connectivity index (χ0) is 14.5. The van der Waals surface area contributed by atoms with Crippen LogP contribution in [0.25, 0.3) is 0 Å². The lowest BCUT2D eigenvalue weighted by Gasteiger charge is -2.17. The summed E-state index contributed by atoms with van der Waals surface area (Å²) in [6, 6.07) is 6.22. The van der Waals surface area contributed by atoms with Gasteiger partial charge in [0.15, 0.2) is 0 Å². The summed E-state index contributed by atoms with van der Waals surface area (Å²) in [7, 11) is 1.99. The lowest BCUT2D eigenvalue weighted by molar-refractivity contribution is 0.519. The van der Waals surface area contributed by atoms with Crippen molar-refractivity contribution in [1.29, 1.82) is 0 Å². The third-order valence-corrected chi connectivity index (χ3v) is 4.01. The standard InChI is InChI=1S/C15H19BrClN3/c1-3-6-18-14(15-9-20(2)10-19-15)7-11-4-5-12(16)8-13(11)17/h4-5,8-10,14,18H,3,6-7H2,1-2H3. The van der Waals surface area contributed by atoms with Gasteiger partial charge in [-0.2, -0.15) is 0 Å². The van der Waals surface area contributed by atoms with Gasteiger partial charge in [0.05, 0.1) is 18.1 Å². The molecule has 0 saturated heterocycles. The fourth-order valence-corrected chi connectivity index (χ4v) is 2.87. The molecular formula is C15H19BrClN3. The Balaban J connectivity index is 2.18. The van der Waals surface area contributed by atoms with E-state index in [2.05, 4.69) is 45.4 Å². The highest BCUT2D eigenvalue weighted by atomic mass is 79.9. The van der Waals surface area contributed by atoms with Crippen LogP contribution >= 0.6 is 27.5 Å². The van der Waals surface area contributed by atoms with Gasteiger partial charge in [-0.05, 0) is 37.1 Å². The maximum atomic E-state index is 6.32. The van der Waals surface area contributed by atoms with E-state index in [-0.39, 0.29) is 6.04 Å². The summed E-state index contributed by atoms with van der Waals surface area (Å²) in [5.74, 6) is 0. The van der Waals surface area contributed by atoms with Crippen molar-refractivity contribution in [2.75, 3.05) is 6.54 Å². The van der Waals surface area contributed by atoms with Crippen LogP contribution in [0.1, 0.15) is 30.6 Å². The molecule has 0 saturated carbocycles. The minimum Gasteiger partial charge on any atom is -0.340 e. The number of benzene rings is 1. The molecule has 20 heavy (non-hydrogen) atoms. The fraction of sp³-hybridized carbons (Fsp3) is 0.400. The predicted molar refractivity (Wildman–Crippen MR) is 87.1 cm³/mol. The Bertz CT molecular complexity index is 568. The third-order valence-electron chi connectivity index (χ3n) is 3.16. The number of halogens is 2. The van der Waals surface area contributed by atoms with E-state index in [0.717, 1.165) is 40.1 Å². The van der Waals surface area contributed by atoms with Crippen LogP contribution < -0.4 is 5.32 Å². The zero-order valence-electron chi connectivity index (χ0n) is 11.7. The molecule has 0 aliphatic rings. The molecule has 0 radical (unpaired) electrons. The number of imidazole rings is 1. The van der Waals surface area contributed by atoms with E-state index in [0.29, 0.717) is 0 Å². The van der Waals surface area contributed by atoms with E-state index < -0.39 is 0 Å². The lowest BCUT2D eigenvalue weighted by atomic mass is 10.0. The largest absolute Gasteiger partial charge is 0.340 e. The Morgan fingerprint density at radius 2 is 2.25 bits per heavy atom. The Morgan fingerprint density at radius 3 is 2.85 bits per heavy atom. The molecule has 0 aliphatic heterocycles. The summed E-state index contributed by atoms with van der Waals surface area (Å²) in [4.78, 5) is 4.46. The van der Waals surface area contributed by atoms with E-state index in [4.69, 9.17) is 11.6 Å². The average Bonchev–Trinajstić information content (AvgIpc) is 2.83. The fourth-order valence-electron chi connectivity index (χ4n) is 2.12. The molecule has 5 heteroatoms. The smallest absolute Gasteiger partial charge is 0.0947 e. The van der Waals surface area contributed by atoms with Gasteiger partial charge in [-0.1, -0.05) is 40.5 Å². The van der Waals surface area contributed by atoms with Crippen LogP contribution in [0.2, 0.25) is 5.02 Å². The molecule has 1 N–H and O–H groups in total. The molecule has 0 bridgehead atoms. The van der Waals surface area contributed by atoms with Crippen LogP contribution in [-0.4, -0.2) is 16.1 Å². The van der Waals surface area contributed by atoms with Crippen molar-refractivity contribution in [3.63, 3.8) is 0 Å². The van der Waals surface area contributed by atoms with Crippen LogP contribution in [0.4, 0.5) is 0 Å². The molecule has 2 aromatic rings. The van der Waals surface area contributed by atoms with E-state index in [1.54, 1.807) is 0 Å². The Kier molecular flexibility index (Phi) is 5.64. The first-order valence-corrected chi connectivity index (χ1v) is 7.92. The van der Waals surface area contributed by atoms with Crippen molar-refractivity contribution < 1.29 is 0 Å². The quantitative estimate of drug-likeness (QED) is 0.844. The summed E-state index contributed by atoms with van der Waals surface area (Å²) < 4.78 is 2.97. The zero-order valence-corrected chi connectivity index (χ0v) is 14.1. The minimum atomic E-state index is 0.190. The second-order valence-corrected chi connectivity index (χ2v) is 6.23. The summed E-state index contributed by atoms with van der Waals surface area (Å²) in [6.07, 6.45) is 5.82. The second kappa shape index (κ2) is 7.25. The number of aryl methyl sites for hydroxylation is 1. The first-order chi connectivity index (χ1) is 9.60. The maximum absolute atomic E-state index is 6.32. The normalized spacial score (nSPS) is 12.6. The van der Waals surface area contributed by atoms with Gasteiger partial charge < -0.3 is 9.88 Å². The van der Waals surface area contributed by atoms with Gasteiger partial charge in [-0.15, -0.1) is 0 Å². The van der Waals surface area contributed by atoms with Crippen molar-refractivity contribution in [1.82, 2.24) is 14.9 Å². The van der Waals surface area contributed by atoms with Gasteiger partial charge in [-0.3, -0.25) is 0 Å². The van der Waals surface area contributed by atoms with Gasteiger partial charge in [0, 0.05) is 22.7 Å². The molecule has 1 unspecified atom stereocenters. The molecular weight excluding hydrogens is 338 g/mol. The number of hydrogen-bond acceptors (Lipinski definition) is 2. The SMILES string of the molecule is CCCNC(Cc1ccc(Br)cc1Cl)c1cn(C)cn1. The average molecular weight is 357 g/mol. The molecule has 1 aromatic carbocycles. The Labute approximate surface area is 133 Å². The predicted octanol–water partition coefficient (Wildman–Crippen LogP) is 4.12. The lowest BCUT2D eigenvalue weighted by Crippen LogP contribution is -2.24. The molecule has 1 aromatic heterocycles. The summed E-state index contributed by atoms with van der Waals surface area (Å²) >= 11 is 9.75. The molecule has 1 atom stereocenters. The Morgan fingerprint density at radius 1 is 1.45 bits per heavy atom. The second-order valence-electron chi connectivity index (χ2n) is 4.91. The topological polar surface area (TPSA) is 29.9 Å². The van der Waals surface area contributed by atoms with Crippen LogP contribution in [0.15, 0.2) is 35.2 Å². The first-order valence-electron chi connectivity index (χ1n) is 6.75. The molecule has 0 aliphatic carbocycles. The number of hydrogen-bond donors (Lipinski definition) is 1. The van der Waals surface area contributed by atoms with E-state index in [1.165, 1.54) is 0 Å². The minimum absolute atomic E-state index is 0.190. The van der Waals surface area contributed by atoms with Crippen molar-refractivity contribution >= 4 is 27.5 Å². The number of rotatable bonds is 6. The monoisotopic (exact) mass is 355 g/mol. The van der Waals surface area contributed by atoms with E-state index in [9.17, 15) is 0 Å². The van der Waals surface area contributed by atoms with Crippen molar-refractivity contribution in [3.05, 3.63) is 51.5 Å². The highest BCUT2D eigenvalue weighted by molar-refractivity contribution is 9.10. The first kappa shape index (κ1) is 15.5.